The van der Waals surface area contributed by atoms with E-state index in [9.17, 15) is 4.79 Å². The topological polar surface area (TPSA) is 63.2 Å². The highest BCUT2D eigenvalue weighted by molar-refractivity contribution is 14.0. The fourth-order valence-electron chi connectivity index (χ4n) is 2.53. The van der Waals surface area contributed by atoms with E-state index in [1.807, 2.05) is 19.2 Å². The molecule has 0 fully saturated rings. The van der Waals surface area contributed by atoms with Crippen LogP contribution in [0.2, 0.25) is 0 Å². The fraction of sp³-hybridized carbons (Fsp3) is 0.368. The molecule has 148 valence electrons. The molecule has 0 saturated carbocycles. The molecule has 1 N–H and O–H groups in total. The van der Waals surface area contributed by atoms with Crippen molar-refractivity contribution in [2.45, 2.75) is 13.0 Å². The number of nitrogens with zero attached hydrogens (tertiary/aromatic N) is 2. The van der Waals surface area contributed by atoms with Crippen LogP contribution in [0, 0.1) is 0 Å². The van der Waals surface area contributed by atoms with Crippen LogP contribution in [0.1, 0.15) is 20.8 Å². The van der Waals surface area contributed by atoms with E-state index in [1.54, 1.807) is 24.5 Å². The van der Waals surface area contributed by atoms with Crippen LogP contribution in [-0.4, -0.2) is 51.7 Å². The zero-order chi connectivity index (χ0) is 18.9. The second-order valence-corrected chi connectivity index (χ2v) is 6.71. The summed E-state index contributed by atoms with van der Waals surface area (Å²) in [6.07, 6.45) is 0.983. The lowest BCUT2D eigenvalue weighted by molar-refractivity contribution is 0.0597. The molecule has 0 amide bonds. The van der Waals surface area contributed by atoms with Gasteiger partial charge in [-0.15, -0.1) is 35.3 Å². The van der Waals surface area contributed by atoms with Crippen LogP contribution in [0.4, 0.5) is 0 Å². The molecular formula is C19H26IN3O3S. The minimum atomic E-state index is -0.412. The number of guanidine groups is 1. The summed E-state index contributed by atoms with van der Waals surface area (Å²) >= 11 is 1.77. The number of thiophene rings is 1. The number of esters is 1. The first kappa shape index (κ1) is 23.2. The van der Waals surface area contributed by atoms with Gasteiger partial charge < -0.3 is 19.7 Å². The van der Waals surface area contributed by atoms with Gasteiger partial charge >= 0.3 is 5.97 Å². The number of aliphatic imine (C=N–C) groups is 1. The SMILES string of the molecule is CN=C(NCc1ccc(C(=O)OC)c(OC)c1)N(C)CCc1cccs1.I. The molecule has 0 atom stereocenters. The van der Waals surface area contributed by atoms with Crippen molar-refractivity contribution in [1.82, 2.24) is 10.2 Å². The first-order valence-corrected chi connectivity index (χ1v) is 9.16. The zero-order valence-electron chi connectivity index (χ0n) is 16.0. The number of halogens is 1. The zero-order valence-corrected chi connectivity index (χ0v) is 19.2. The van der Waals surface area contributed by atoms with Crippen molar-refractivity contribution >= 4 is 47.2 Å². The van der Waals surface area contributed by atoms with Gasteiger partial charge in [-0.3, -0.25) is 4.99 Å². The second kappa shape index (κ2) is 11.8. The van der Waals surface area contributed by atoms with E-state index in [0.717, 1.165) is 24.5 Å². The molecule has 0 aliphatic rings. The van der Waals surface area contributed by atoms with Crippen LogP contribution in [0.5, 0.6) is 5.75 Å². The Kier molecular flexibility index (Phi) is 10.2. The minimum absolute atomic E-state index is 0. The largest absolute Gasteiger partial charge is 0.496 e. The van der Waals surface area contributed by atoms with E-state index in [2.05, 4.69) is 32.7 Å². The van der Waals surface area contributed by atoms with Crippen LogP contribution >= 0.6 is 35.3 Å². The maximum atomic E-state index is 11.7. The van der Waals surface area contributed by atoms with E-state index in [1.165, 1.54) is 19.1 Å². The number of methoxy groups -OCH3 is 2. The van der Waals surface area contributed by atoms with E-state index in [0.29, 0.717) is 17.9 Å². The number of likely N-dealkylation sites (N-methyl/N-ethyl adjacent to an activating group) is 1. The average Bonchev–Trinajstić information content (AvgIpc) is 3.19. The molecule has 8 heteroatoms. The smallest absolute Gasteiger partial charge is 0.341 e. The second-order valence-electron chi connectivity index (χ2n) is 5.68. The summed E-state index contributed by atoms with van der Waals surface area (Å²) in [5, 5.41) is 5.43. The van der Waals surface area contributed by atoms with E-state index in [-0.39, 0.29) is 24.0 Å². The highest BCUT2D eigenvalue weighted by Crippen LogP contribution is 2.21. The first-order chi connectivity index (χ1) is 12.6. The molecular weight excluding hydrogens is 477 g/mol. The molecule has 0 radical (unpaired) electrons. The van der Waals surface area contributed by atoms with Gasteiger partial charge in [0.05, 0.1) is 14.2 Å². The molecule has 1 heterocycles. The summed E-state index contributed by atoms with van der Waals surface area (Å²) < 4.78 is 10.1. The lowest BCUT2D eigenvalue weighted by Gasteiger charge is -2.22. The molecule has 6 nitrogen and oxygen atoms in total. The molecule has 0 saturated heterocycles. The number of carbonyl (C=O) groups excluding carboxylic acids is 1. The summed E-state index contributed by atoms with van der Waals surface area (Å²) in [5.74, 6) is 0.903. The number of hydrogen-bond donors (Lipinski definition) is 1. The Morgan fingerprint density at radius 1 is 1.30 bits per heavy atom. The monoisotopic (exact) mass is 503 g/mol. The molecule has 1 aromatic carbocycles. The van der Waals surface area contributed by atoms with Gasteiger partial charge in [0.2, 0.25) is 0 Å². The quantitative estimate of drug-likeness (QED) is 0.272. The van der Waals surface area contributed by atoms with Crippen molar-refractivity contribution in [3.05, 3.63) is 51.7 Å². The normalized spacial score (nSPS) is 10.7. The predicted molar refractivity (Wildman–Crippen MR) is 121 cm³/mol. The van der Waals surface area contributed by atoms with Crippen molar-refractivity contribution in [2.75, 3.05) is 34.9 Å². The van der Waals surface area contributed by atoms with Crippen LogP contribution in [0.15, 0.2) is 40.7 Å². The number of benzene rings is 1. The van der Waals surface area contributed by atoms with Crippen LogP contribution in [-0.2, 0) is 17.7 Å². The van der Waals surface area contributed by atoms with Crippen molar-refractivity contribution in [3.8, 4) is 5.75 Å². The predicted octanol–water partition coefficient (Wildman–Crippen LogP) is 3.41. The molecule has 1 aromatic heterocycles. The Morgan fingerprint density at radius 3 is 2.67 bits per heavy atom. The number of nitrogens with one attached hydrogen (secondary N) is 1. The van der Waals surface area contributed by atoms with Crippen molar-refractivity contribution in [3.63, 3.8) is 0 Å². The average molecular weight is 503 g/mol. The Bertz CT molecular complexity index is 751. The third kappa shape index (κ3) is 6.69. The van der Waals surface area contributed by atoms with Gasteiger partial charge in [0.1, 0.15) is 11.3 Å². The molecule has 27 heavy (non-hydrogen) atoms. The Hall–Kier alpha value is -1.81. The van der Waals surface area contributed by atoms with Crippen molar-refractivity contribution in [2.24, 2.45) is 4.99 Å². The minimum Gasteiger partial charge on any atom is -0.496 e. The van der Waals surface area contributed by atoms with Crippen molar-refractivity contribution in [1.29, 1.82) is 0 Å². The number of hydrogen-bond acceptors (Lipinski definition) is 5. The standard InChI is InChI=1S/C19H25N3O3S.HI/c1-20-19(22(2)10-9-15-6-5-11-26-15)21-13-14-7-8-16(18(23)25-4)17(12-14)24-3;/h5-8,11-12H,9-10,13H2,1-4H3,(H,20,21);1H. The highest BCUT2D eigenvalue weighted by atomic mass is 127. The molecule has 0 aliphatic carbocycles. The summed E-state index contributed by atoms with van der Waals surface area (Å²) in [5.41, 5.74) is 1.40. The molecule has 0 bridgehead atoms. The lowest BCUT2D eigenvalue weighted by atomic mass is 10.1. The Labute approximate surface area is 181 Å². The van der Waals surface area contributed by atoms with Crippen LogP contribution in [0.25, 0.3) is 0 Å². The van der Waals surface area contributed by atoms with Gasteiger partial charge in [0.25, 0.3) is 0 Å². The molecule has 2 aromatic rings. The maximum Gasteiger partial charge on any atom is 0.341 e. The Morgan fingerprint density at radius 2 is 2.07 bits per heavy atom. The summed E-state index contributed by atoms with van der Waals surface area (Å²) in [4.78, 5) is 19.5. The lowest BCUT2D eigenvalue weighted by Crippen LogP contribution is -2.39. The highest BCUT2D eigenvalue weighted by Gasteiger charge is 2.13. The van der Waals surface area contributed by atoms with Gasteiger partial charge in [0.15, 0.2) is 5.96 Å². The maximum absolute atomic E-state index is 11.7. The van der Waals surface area contributed by atoms with E-state index in [4.69, 9.17) is 9.47 Å². The molecule has 2 rings (SSSR count). The number of rotatable bonds is 7. The molecule has 0 aliphatic heterocycles. The van der Waals surface area contributed by atoms with E-state index < -0.39 is 5.97 Å². The van der Waals surface area contributed by atoms with Gasteiger partial charge in [-0.05, 0) is 35.6 Å². The third-order valence-electron chi connectivity index (χ3n) is 3.97. The third-order valence-corrected chi connectivity index (χ3v) is 4.91. The number of ether oxygens (including phenoxy) is 2. The molecule has 0 unspecified atom stereocenters. The summed E-state index contributed by atoms with van der Waals surface area (Å²) in [6.45, 7) is 1.46. The van der Waals surface area contributed by atoms with Crippen LogP contribution in [0.3, 0.4) is 0 Å². The fourth-order valence-corrected chi connectivity index (χ4v) is 3.23. The van der Waals surface area contributed by atoms with Gasteiger partial charge in [-0.25, -0.2) is 4.79 Å². The van der Waals surface area contributed by atoms with E-state index >= 15 is 0 Å². The summed E-state index contributed by atoms with van der Waals surface area (Å²) in [7, 11) is 6.68. The molecule has 0 spiro atoms. The first-order valence-electron chi connectivity index (χ1n) is 8.28. The van der Waals surface area contributed by atoms with Gasteiger partial charge in [-0.2, -0.15) is 0 Å². The summed E-state index contributed by atoms with van der Waals surface area (Å²) in [6, 6.07) is 9.63. The van der Waals surface area contributed by atoms with Crippen molar-refractivity contribution < 1.29 is 14.3 Å². The van der Waals surface area contributed by atoms with Gasteiger partial charge in [-0.1, -0.05) is 12.1 Å². The number of carbonyl (C=O) groups is 1. The Balaban J connectivity index is 0.00000364. The van der Waals surface area contributed by atoms with Gasteiger partial charge in [0, 0.05) is 32.1 Å². The van der Waals surface area contributed by atoms with Crippen LogP contribution < -0.4 is 10.1 Å².